The van der Waals surface area contributed by atoms with Gasteiger partial charge in [-0.1, -0.05) is 0 Å². The molecule has 1 aromatic heterocycles. The maximum Gasteiger partial charge on any atom is 0.136 e. The molecule has 1 N–H and O–H groups in total. The molecule has 0 aromatic carbocycles. The summed E-state index contributed by atoms with van der Waals surface area (Å²) >= 11 is 0. The molecule has 0 saturated heterocycles. The highest BCUT2D eigenvalue weighted by molar-refractivity contribution is 5.45. The first kappa shape index (κ1) is 10.4. The molecule has 0 amide bonds. The lowest BCUT2D eigenvalue weighted by atomic mass is 10.2. The third-order valence-corrected chi connectivity index (χ3v) is 2.59. The van der Waals surface area contributed by atoms with Crippen LogP contribution in [0.3, 0.4) is 0 Å². The average Bonchev–Trinajstić information content (AvgIpc) is 3.02. The number of hydrogen-bond donors (Lipinski definition) is 1. The van der Waals surface area contributed by atoms with Crippen LogP contribution in [0.25, 0.3) is 0 Å². The van der Waals surface area contributed by atoms with E-state index in [2.05, 4.69) is 20.2 Å². The number of rotatable bonds is 4. The Morgan fingerprint density at radius 3 is 2.73 bits per heavy atom. The number of nitrogens with zero attached hydrogens (tertiary/aromatic N) is 3. The second-order valence-electron chi connectivity index (χ2n) is 4.28. The van der Waals surface area contributed by atoms with Gasteiger partial charge >= 0.3 is 0 Å². The minimum Gasteiger partial charge on any atom is -0.362 e. The van der Waals surface area contributed by atoms with Gasteiger partial charge < -0.3 is 10.2 Å². The van der Waals surface area contributed by atoms with Crippen LogP contribution in [0, 0.1) is 0 Å². The topological polar surface area (TPSA) is 41.1 Å². The van der Waals surface area contributed by atoms with Crippen molar-refractivity contribution in [2.45, 2.75) is 25.3 Å². The van der Waals surface area contributed by atoms with E-state index in [1.165, 1.54) is 12.8 Å². The predicted molar refractivity (Wildman–Crippen MR) is 61.1 cm³/mol. The van der Waals surface area contributed by atoms with E-state index in [-0.39, 0.29) is 0 Å². The Morgan fingerprint density at radius 2 is 2.20 bits per heavy atom. The number of hydrogen-bond acceptors (Lipinski definition) is 4. The normalized spacial score (nSPS) is 15.4. The molecule has 2 rings (SSSR count). The first-order valence-electron chi connectivity index (χ1n) is 5.40. The van der Waals surface area contributed by atoms with Crippen LogP contribution >= 0.6 is 0 Å². The second-order valence-corrected chi connectivity index (χ2v) is 4.28. The summed E-state index contributed by atoms with van der Waals surface area (Å²) < 4.78 is 0. The Morgan fingerprint density at radius 1 is 1.47 bits per heavy atom. The molecule has 0 aliphatic heterocycles. The van der Waals surface area contributed by atoms with Crippen LogP contribution in [0.2, 0.25) is 0 Å². The highest BCUT2D eigenvalue weighted by atomic mass is 15.2. The lowest BCUT2D eigenvalue weighted by molar-refractivity contribution is 0.788. The van der Waals surface area contributed by atoms with Crippen LogP contribution in [0.4, 0.5) is 5.82 Å². The third-order valence-electron chi connectivity index (χ3n) is 2.59. The maximum atomic E-state index is 4.63. The van der Waals surface area contributed by atoms with Crippen molar-refractivity contribution in [3.8, 4) is 0 Å². The summed E-state index contributed by atoms with van der Waals surface area (Å²) in [5, 5.41) is 3.14. The highest BCUT2D eigenvalue weighted by Gasteiger charge is 2.27. The van der Waals surface area contributed by atoms with E-state index in [9.17, 15) is 0 Å². The number of nitrogens with one attached hydrogen (secondary N) is 1. The van der Waals surface area contributed by atoms with E-state index in [1.54, 1.807) is 0 Å². The smallest absolute Gasteiger partial charge is 0.136 e. The molecule has 4 nitrogen and oxygen atoms in total. The molecular formula is C11H18N4. The van der Waals surface area contributed by atoms with Crippen molar-refractivity contribution < 1.29 is 0 Å². The molecule has 1 heterocycles. The largest absolute Gasteiger partial charge is 0.362 e. The first-order chi connectivity index (χ1) is 7.22. The zero-order chi connectivity index (χ0) is 10.8. The molecule has 15 heavy (non-hydrogen) atoms. The molecule has 1 aliphatic carbocycles. The molecular weight excluding hydrogens is 188 g/mol. The van der Waals surface area contributed by atoms with Crippen molar-refractivity contribution >= 4 is 5.82 Å². The van der Waals surface area contributed by atoms with E-state index >= 15 is 0 Å². The van der Waals surface area contributed by atoms with Crippen molar-refractivity contribution in [3.05, 3.63) is 17.6 Å². The summed E-state index contributed by atoms with van der Waals surface area (Å²) in [4.78, 5) is 11.1. The lowest BCUT2D eigenvalue weighted by Gasteiger charge is -2.16. The summed E-state index contributed by atoms with van der Waals surface area (Å²) in [5.74, 6) is 2.67. The van der Waals surface area contributed by atoms with Gasteiger partial charge in [0, 0.05) is 38.3 Å². The molecule has 1 aliphatic rings. The van der Waals surface area contributed by atoms with E-state index in [0.717, 1.165) is 23.8 Å². The van der Waals surface area contributed by atoms with Crippen molar-refractivity contribution in [1.82, 2.24) is 15.3 Å². The SMILES string of the molecule is CNCc1cnc(C2CC2)nc1N(C)C. The van der Waals surface area contributed by atoms with Gasteiger partial charge in [0.05, 0.1) is 0 Å². The Hall–Kier alpha value is -1.16. The molecule has 0 radical (unpaired) electrons. The van der Waals surface area contributed by atoms with Crippen LogP contribution in [0.5, 0.6) is 0 Å². The van der Waals surface area contributed by atoms with E-state index in [4.69, 9.17) is 0 Å². The van der Waals surface area contributed by atoms with Gasteiger partial charge in [-0.15, -0.1) is 0 Å². The number of anilines is 1. The summed E-state index contributed by atoms with van der Waals surface area (Å²) in [6, 6.07) is 0. The van der Waals surface area contributed by atoms with E-state index in [1.807, 2.05) is 27.3 Å². The van der Waals surface area contributed by atoms with E-state index < -0.39 is 0 Å². The molecule has 1 fully saturated rings. The fourth-order valence-electron chi connectivity index (χ4n) is 1.65. The van der Waals surface area contributed by atoms with Gasteiger partial charge in [0.15, 0.2) is 0 Å². The van der Waals surface area contributed by atoms with Gasteiger partial charge in [-0.05, 0) is 19.9 Å². The minimum atomic E-state index is 0.618. The van der Waals surface area contributed by atoms with Gasteiger partial charge in [-0.2, -0.15) is 0 Å². The highest BCUT2D eigenvalue weighted by Crippen LogP contribution is 2.38. The zero-order valence-corrected chi connectivity index (χ0v) is 9.62. The Labute approximate surface area is 90.7 Å². The standard InChI is InChI=1S/C11H18N4/c1-12-6-9-7-13-10(8-4-5-8)14-11(9)15(2)3/h7-8,12H,4-6H2,1-3H3. The maximum absolute atomic E-state index is 4.63. The van der Waals surface area contributed by atoms with Gasteiger partial charge in [0.2, 0.25) is 0 Å². The molecule has 1 aromatic rings. The van der Waals surface area contributed by atoms with Crippen LogP contribution < -0.4 is 10.2 Å². The molecule has 1 saturated carbocycles. The molecule has 0 bridgehead atoms. The molecule has 82 valence electrons. The van der Waals surface area contributed by atoms with Crippen LogP contribution in [-0.4, -0.2) is 31.1 Å². The van der Waals surface area contributed by atoms with Crippen LogP contribution in [0.1, 0.15) is 30.1 Å². The Kier molecular flexibility index (Phi) is 2.86. The lowest BCUT2D eigenvalue weighted by Crippen LogP contribution is -2.17. The second kappa shape index (κ2) is 4.14. The quantitative estimate of drug-likeness (QED) is 0.802. The van der Waals surface area contributed by atoms with E-state index in [0.29, 0.717) is 5.92 Å². The van der Waals surface area contributed by atoms with Crippen molar-refractivity contribution in [1.29, 1.82) is 0 Å². The molecule has 0 atom stereocenters. The fourth-order valence-corrected chi connectivity index (χ4v) is 1.65. The predicted octanol–water partition coefficient (Wildman–Crippen LogP) is 1.14. The van der Waals surface area contributed by atoms with Crippen LogP contribution in [-0.2, 0) is 6.54 Å². The van der Waals surface area contributed by atoms with Crippen LogP contribution in [0.15, 0.2) is 6.20 Å². The number of aromatic nitrogens is 2. The third kappa shape index (κ3) is 2.26. The van der Waals surface area contributed by atoms with Gasteiger partial charge in [0.1, 0.15) is 11.6 Å². The van der Waals surface area contributed by atoms with Crippen molar-refractivity contribution in [2.24, 2.45) is 0 Å². The molecule has 4 heteroatoms. The molecule has 0 unspecified atom stereocenters. The minimum absolute atomic E-state index is 0.618. The Bertz CT molecular complexity index is 344. The summed E-state index contributed by atoms with van der Waals surface area (Å²) in [7, 11) is 5.99. The van der Waals surface area contributed by atoms with Gasteiger partial charge in [0.25, 0.3) is 0 Å². The van der Waals surface area contributed by atoms with Crippen molar-refractivity contribution in [2.75, 3.05) is 26.0 Å². The van der Waals surface area contributed by atoms with Gasteiger partial charge in [-0.25, -0.2) is 9.97 Å². The van der Waals surface area contributed by atoms with Gasteiger partial charge in [-0.3, -0.25) is 0 Å². The first-order valence-corrected chi connectivity index (χ1v) is 5.40. The summed E-state index contributed by atoms with van der Waals surface area (Å²) in [5.41, 5.74) is 1.16. The fraction of sp³-hybridized carbons (Fsp3) is 0.636. The molecule has 0 spiro atoms. The monoisotopic (exact) mass is 206 g/mol. The summed E-state index contributed by atoms with van der Waals surface area (Å²) in [6.45, 7) is 0.818. The van der Waals surface area contributed by atoms with Crippen molar-refractivity contribution in [3.63, 3.8) is 0 Å². The average molecular weight is 206 g/mol. The Balaban J connectivity index is 2.30. The zero-order valence-electron chi connectivity index (χ0n) is 9.62. The summed E-state index contributed by atoms with van der Waals surface area (Å²) in [6.07, 6.45) is 4.45.